The lowest BCUT2D eigenvalue weighted by atomic mass is 9.99. The van der Waals surface area contributed by atoms with Crippen molar-refractivity contribution in [2.75, 3.05) is 18.0 Å². The molecule has 1 fully saturated rings. The van der Waals surface area contributed by atoms with Gasteiger partial charge in [-0.3, -0.25) is 9.78 Å². The summed E-state index contributed by atoms with van der Waals surface area (Å²) in [5.41, 5.74) is 4.44. The van der Waals surface area contributed by atoms with Crippen molar-refractivity contribution in [3.05, 3.63) is 65.0 Å². The van der Waals surface area contributed by atoms with Gasteiger partial charge in [-0.15, -0.1) is 0 Å². The van der Waals surface area contributed by atoms with Gasteiger partial charge in [-0.2, -0.15) is 0 Å². The molecular formula is C24H28N4O. The summed E-state index contributed by atoms with van der Waals surface area (Å²) in [6, 6.07) is 12.1. The Morgan fingerprint density at radius 1 is 1.14 bits per heavy atom. The SMILES string of the molecule is Cc1ccc2cc(C(=O)NCc3ccc(N4CCC(C)CC4)nc3)c(C)nc2c1. The van der Waals surface area contributed by atoms with Crippen LogP contribution < -0.4 is 10.2 Å². The number of hydrogen-bond donors (Lipinski definition) is 1. The second kappa shape index (κ2) is 8.19. The zero-order chi connectivity index (χ0) is 20.4. The van der Waals surface area contributed by atoms with Gasteiger partial charge in [0.05, 0.1) is 16.8 Å². The highest BCUT2D eigenvalue weighted by atomic mass is 16.1. The lowest BCUT2D eigenvalue weighted by Gasteiger charge is -2.31. The van der Waals surface area contributed by atoms with Gasteiger partial charge in [0.15, 0.2) is 0 Å². The highest BCUT2D eigenvalue weighted by molar-refractivity contribution is 5.98. The number of hydrogen-bond acceptors (Lipinski definition) is 4. The molecule has 5 heteroatoms. The van der Waals surface area contributed by atoms with Gasteiger partial charge in [-0.1, -0.05) is 25.1 Å². The number of fused-ring (bicyclic) bond motifs is 1. The second-order valence-corrected chi connectivity index (χ2v) is 8.19. The molecule has 4 rings (SSSR count). The van der Waals surface area contributed by atoms with Crippen LogP contribution in [-0.4, -0.2) is 29.0 Å². The van der Waals surface area contributed by atoms with E-state index >= 15 is 0 Å². The van der Waals surface area contributed by atoms with Crippen molar-refractivity contribution in [3.8, 4) is 0 Å². The van der Waals surface area contributed by atoms with Crippen LogP contribution in [0.3, 0.4) is 0 Å². The van der Waals surface area contributed by atoms with E-state index < -0.39 is 0 Å². The van der Waals surface area contributed by atoms with Gasteiger partial charge in [0.1, 0.15) is 5.82 Å². The summed E-state index contributed by atoms with van der Waals surface area (Å²) in [7, 11) is 0. The monoisotopic (exact) mass is 388 g/mol. The molecule has 0 aliphatic carbocycles. The number of aryl methyl sites for hydroxylation is 2. The standard InChI is InChI=1S/C24H28N4O/c1-16-8-10-28(11-9-16)23-7-5-19(14-25-23)15-26-24(29)21-13-20-6-4-17(2)12-22(20)27-18(21)3/h4-7,12-14,16H,8-11,15H2,1-3H3,(H,26,29). The van der Waals surface area contributed by atoms with E-state index in [1.54, 1.807) is 0 Å². The second-order valence-electron chi connectivity index (χ2n) is 8.19. The predicted molar refractivity (Wildman–Crippen MR) is 117 cm³/mol. The number of rotatable bonds is 4. The first-order chi connectivity index (χ1) is 14.0. The fourth-order valence-corrected chi connectivity index (χ4v) is 3.83. The number of anilines is 1. The van der Waals surface area contributed by atoms with Crippen LogP contribution in [0.5, 0.6) is 0 Å². The zero-order valence-corrected chi connectivity index (χ0v) is 17.4. The molecule has 29 heavy (non-hydrogen) atoms. The topological polar surface area (TPSA) is 58.1 Å². The number of nitrogens with one attached hydrogen (secondary N) is 1. The van der Waals surface area contributed by atoms with Crippen LogP contribution >= 0.6 is 0 Å². The first-order valence-corrected chi connectivity index (χ1v) is 10.4. The highest BCUT2D eigenvalue weighted by Crippen LogP contribution is 2.21. The Labute approximate surface area is 172 Å². The molecule has 0 unspecified atom stereocenters. The normalized spacial score (nSPS) is 14.9. The van der Waals surface area contributed by atoms with Gasteiger partial charge < -0.3 is 10.2 Å². The van der Waals surface area contributed by atoms with E-state index in [2.05, 4.69) is 39.2 Å². The van der Waals surface area contributed by atoms with Gasteiger partial charge in [0.2, 0.25) is 0 Å². The number of benzene rings is 1. The fraction of sp³-hybridized carbons (Fsp3) is 0.375. The maximum Gasteiger partial charge on any atom is 0.253 e. The third-order valence-electron chi connectivity index (χ3n) is 5.78. The van der Waals surface area contributed by atoms with E-state index in [1.807, 2.05) is 44.3 Å². The van der Waals surface area contributed by atoms with E-state index in [0.29, 0.717) is 12.1 Å². The van der Waals surface area contributed by atoms with Gasteiger partial charge in [0, 0.05) is 31.2 Å². The molecule has 3 aromatic rings. The van der Waals surface area contributed by atoms with Crippen LogP contribution in [0, 0.1) is 19.8 Å². The molecule has 0 atom stereocenters. The molecular weight excluding hydrogens is 360 g/mol. The summed E-state index contributed by atoms with van der Waals surface area (Å²) in [6.45, 7) is 8.82. The van der Waals surface area contributed by atoms with Crippen LogP contribution in [0.1, 0.15) is 46.9 Å². The van der Waals surface area contributed by atoms with E-state index in [9.17, 15) is 4.79 Å². The number of nitrogens with zero attached hydrogens (tertiary/aromatic N) is 3. The minimum atomic E-state index is -0.105. The molecule has 1 aliphatic heterocycles. The van der Waals surface area contributed by atoms with Crippen molar-refractivity contribution in [3.63, 3.8) is 0 Å². The number of carbonyl (C=O) groups excluding carboxylic acids is 1. The van der Waals surface area contributed by atoms with Crippen LogP contribution in [0.4, 0.5) is 5.82 Å². The quantitative estimate of drug-likeness (QED) is 0.719. The molecule has 0 saturated carbocycles. The Kier molecular flexibility index (Phi) is 5.47. The van der Waals surface area contributed by atoms with Crippen molar-refractivity contribution in [2.24, 2.45) is 5.92 Å². The average Bonchev–Trinajstić information content (AvgIpc) is 2.72. The van der Waals surface area contributed by atoms with Crippen LogP contribution in [0.15, 0.2) is 42.6 Å². The Morgan fingerprint density at radius 2 is 1.93 bits per heavy atom. The molecule has 0 radical (unpaired) electrons. The molecule has 1 saturated heterocycles. The number of aromatic nitrogens is 2. The molecule has 1 amide bonds. The molecule has 0 spiro atoms. The zero-order valence-electron chi connectivity index (χ0n) is 17.4. The highest BCUT2D eigenvalue weighted by Gasteiger charge is 2.17. The summed E-state index contributed by atoms with van der Waals surface area (Å²) in [5.74, 6) is 1.72. The van der Waals surface area contributed by atoms with Crippen molar-refractivity contribution in [1.82, 2.24) is 15.3 Å². The molecule has 3 heterocycles. The predicted octanol–water partition coefficient (Wildman–Crippen LogP) is 4.41. The first kappa shape index (κ1) is 19.4. The Balaban J connectivity index is 1.41. The largest absolute Gasteiger partial charge is 0.357 e. The van der Waals surface area contributed by atoms with Crippen LogP contribution in [0.25, 0.3) is 10.9 Å². The van der Waals surface area contributed by atoms with E-state index in [0.717, 1.165) is 52.5 Å². The minimum absolute atomic E-state index is 0.105. The summed E-state index contributed by atoms with van der Waals surface area (Å²) in [4.78, 5) is 24.3. The maximum atomic E-state index is 12.7. The van der Waals surface area contributed by atoms with Crippen molar-refractivity contribution in [2.45, 2.75) is 40.2 Å². The number of piperidine rings is 1. The van der Waals surface area contributed by atoms with Gasteiger partial charge in [0.25, 0.3) is 5.91 Å². The maximum absolute atomic E-state index is 12.7. The summed E-state index contributed by atoms with van der Waals surface area (Å²) in [6.07, 6.45) is 4.30. The van der Waals surface area contributed by atoms with E-state index in [4.69, 9.17) is 0 Å². The summed E-state index contributed by atoms with van der Waals surface area (Å²) < 4.78 is 0. The molecule has 5 nitrogen and oxygen atoms in total. The number of pyridine rings is 2. The Morgan fingerprint density at radius 3 is 2.66 bits per heavy atom. The fourth-order valence-electron chi connectivity index (χ4n) is 3.83. The average molecular weight is 389 g/mol. The van der Waals surface area contributed by atoms with Crippen molar-refractivity contribution < 1.29 is 4.79 Å². The first-order valence-electron chi connectivity index (χ1n) is 10.4. The van der Waals surface area contributed by atoms with E-state index in [-0.39, 0.29) is 5.91 Å². The molecule has 1 aliphatic rings. The Bertz CT molecular complexity index is 1020. The molecule has 1 N–H and O–H groups in total. The third kappa shape index (κ3) is 4.39. The lowest BCUT2D eigenvalue weighted by molar-refractivity contribution is 0.0950. The van der Waals surface area contributed by atoms with Crippen LogP contribution in [-0.2, 0) is 6.54 Å². The smallest absolute Gasteiger partial charge is 0.253 e. The van der Waals surface area contributed by atoms with E-state index in [1.165, 1.54) is 12.8 Å². The van der Waals surface area contributed by atoms with Gasteiger partial charge in [-0.05, 0) is 61.9 Å². The van der Waals surface area contributed by atoms with Crippen molar-refractivity contribution >= 4 is 22.6 Å². The summed E-state index contributed by atoms with van der Waals surface area (Å²) in [5, 5.41) is 3.98. The molecule has 150 valence electrons. The van der Waals surface area contributed by atoms with Gasteiger partial charge >= 0.3 is 0 Å². The molecule has 1 aromatic carbocycles. The summed E-state index contributed by atoms with van der Waals surface area (Å²) >= 11 is 0. The number of amides is 1. The lowest BCUT2D eigenvalue weighted by Crippen LogP contribution is -2.33. The van der Waals surface area contributed by atoms with Gasteiger partial charge in [-0.25, -0.2) is 4.98 Å². The van der Waals surface area contributed by atoms with Crippen molar-refractivity contribution in [1.29, 1.82) is 0 Å². The van der Waals surface area contributed by atoms with Crippen LogP contribution in [0.2, 0.25) is 0 Å². The molecule has 2 aromatic heterocycles. The Hall–Kier alpha value is -2.95. The third-order valence-corrected chi connectivity index (χ3v) is 5.78. The minimum Gasteiger partial charge on any atom is -0.357 e. The number of carbonyl (C=O) groups is 1. The molecule has 0 bridgehead atoms.